The molecule has 0 bridgehead atoms. The molecule has 2 rings (SSSR count). The van der Waals surface area contributed by atoms with Gasteiger partial charge in [-0.3, -0.25) is 14.4 Å². The molecule has 88 valence electrons. The van der Waals surface area contributed by atoms with Crippen molar-refractivity contribution in [3.8, 4) is 5.75 Å². The van der Waals surface area contributed by atoms with Gasteiger partial charge in [0.05, 0.1) is 5.69 Å². The molecular weight excluding hydrogens is 226 g/mol. The Kier molecular flexibility index (Phi) is 2.65. The number of nitrogens with two attached hydrogens (primary N) is 1. The molecule has 1 aromatic rings. The van der Waals surface area contributed by atoms with Crippen LogP contribution >= 0.6 is 0 Å². The maximum absolute atomic E-state index is 11.1. The number of ether oxygens (including phenoxy) is 1. The highest BCUT2D eigenvalue weighted by molar-refractivity contribution is 6.39. The number of carbonyl (C=O) groups excluding carboxylic acids is 3. The molecule has 1 aliphatic rings. The lowest BCUT2D eigenvalue weighted by molar-refractivity contribution is -0.134. The highest BCUT2D eigenvalue weighted by atomic mass is 16.5. The highest BCUT2D eigenvalue weighted by Crippen LogP contribution is 2.30. The van der Waals surface area contributed by atoms with E-state index in [1.54, 1.807) is 6.07 Å². The van der Waals surface area contributed by atoms with Gasteiger partial charge in [0.2, 0.25) is 0 Å². The van der Waals surface area contributed by atoms with Crippen molar-refractivity contribution in [3.63, 3.8) is 0 Å². The van der Waals surface area contributed by atoms with Crippen LogP contribution in [-0.4, -0.2) is 24.3 Å². The number of anilines is 2. The van der Waals surface area contributed by atoms with Gasteiger partial charge in [0.25, 0.3) is 5.91 Å². The van der Waals surface area contributed by atoms with Gasteiger partial charge >= 0.3 is 11.8 Å². The molecule has 0 saturated heterocycles. The molecule has 1 aliphatic heterocycles. The number of nitrogens with one attached hydrogen (secondary N) is 2. The summed E-state index contributed by atoms with van der Waals surface area (Å²) in [7, 11) is 0. The Bertz CT molecular complexity index is 512. The second kappa shape index (κ2) is 4.12. The zero-order valence-electron chi connectivity index (χ0n) is 8.65. The van der Waals surface area contributed by atoms with Crippen LogP contribution in [0.3, 0.4) is 0 Å². The van der Waals surface area contributed by atoms with E-state index in [1.807, 2.05) is 0 Å². The number of carbonyl (C=O) groups is 3. The summed E-state index contributed by atoms with van der Waals surface area (Å²) in [6.45, 7) is -0.0417. The van der Waals surface area contributed by atoms with E-state index in [1.165, 1.54) is 12.1 Å². The number of primary amides is 1. The first-order chi connectivity index (χ1) is 8.06. The molecule has 0 spiro atoms. The molecule has 0 radical (unpaired) electrons. The van der Waals surface area contributed by atoms with Crippen molar-refractivity contribution in [1.29, 1.82) is 0 Å². The molecule has 0 atom stereocenters. The number of fused-ring (bicyclic) bond motifs is 1. The van der Waals surface area contributed by atoms with Crippen LogP contribution in [0.2, 0.25) is 0 Å². The minimum atomic E-state index is -1.08. The Balaban J connectivity index is 2.21. The van der Waals surface area contributed by atoms with Gasteiger partial charge in [0.15, 0.2) is 6.61 Å². The standard InChI is InChI=1S/C10H9N3O4/c11-9(15)10(16)12-5-1-2-7-6(3-5)13-8(14)4-17-7/h1-3H,4H2,(H2,11,15)(H,12,16)(H,13,14). The molecule has 0 unspecified atom stereocenters. The third-order valence-electron chi connectivity index (χ3n) is 2.09. The molecule has 1 aromatic carbocycles. The van der Waals surface area contributed by atoms with E-state index in [-0.39, 0.29) is 12.5 Å². The Hall–Kier alpha value is -2.57. The summed E-state index contributed by atoms with van der Waals surface area (Å²) in [6, 6.07) is 4.59. The number of rotatable bonds is 1. The van der Waals surface area contributed by atoms with Gasteiger partial charge in [-0.1, -0.05) is 0 Å². The van der Waals surface area contributed by atoms with Crippen LogP contribution in [0.25, 0.3) is 0 Å². The van der Waals surface area contributed by atoms with E-state index < -0.39 is 11.8 Å². The van der Waals surface area contributed by atoms with Gasteiger partial charge in [-0.25, -0.2) is 0 Å². The lowest BCUT2D eigenvalue weighted by atomic mass is 10.2. The smallest absolute Gasteiger partial charge is 0.313 e. The number of amides is 3. The average Bonchev–Trinajstić information content (AvgIpc) is 2.28. The van der Waals surface area contributed by atoms with E-state index in [4.69, 9.17) is 10.5 Å². The van der Waals surface area contributed by atoms with Gasteiger partial charge in [-0.05, 0) is 18.2 Å². The predicted octanol–water partition coefficient (Wildman–Crippen LogP) is -0.559. The van der Waals surface area contributed by atoms with Crippen LogP contribution in [0.1, 0.15) is 0 Å². The van der Waals surface area contributed by atoms with Crippen molar-refractivity contribution in [2.75, 3.05) is 17.2 Å². The fourth-order valence-electron chi connectivity index (χ4n) is 1.35. The zero-order chi connectivity index (χ0) is 12.4. The lowest BCUT2D eigenvalue weighted by Crippen LogP contribution is -2.30. The largest absolute Gasteiger partial charge is 0.482 e. The van der Waals surface area contributed by atoms with Crippen LogP contribution in [0.4, 0.5) is 11.4 Å². The second-order valence-corrected chi connectivity index (χ2v) is 3.37. The molecule has 7 nitrogen and oxygen atoms in total. The van der Waals surface area contributed by atoms with E-state index in [9.17, 15) is 14.4 Å². The molecule has 0 aromatic heterocycles. The predicted molar refractivity (Wildman–Crippen MR) is 58.4 cm³/mol. The summed E-state index contributed by atoms with van der Waals surface area (Å²) in [5.74, 6) is -1.78. The maximum Gasteiger partial charge on any atom is 0.313 e. The van der Waals surface area contributed by atoms with Crippen molar-refractivity contribution < 1.29 is 19.1 Å². The molecule has 3 amide bonds. The summed E-state index contributed by atoms with van der Waals surface area (Å²) < 4.78 is 5.13. The minimum Gasteiger partial charge on any atom is -0.482 e. The summed E-state index contributed by atoms with van der Waals surface area (Å²) in [6.07, 6.45) is 0. The Morgan fingerprint density at radius 2 is 2.18 bits per heavy atom. The molecular formula is C10H9N3O4. The maximum atomic E-state index is 11.1. The number of benzene rings is 1. The van der Waals surface area contributed by atoms with Gasteiger partial charge in [0, 0.05) is 5.69 Å². The van der Waals surface area contributed by atoms with Gasteiger partial charge in [-0.15, -0.1) is 0 Å². The lowest BCUT2D eigenvalue weighted by Gasteiger charge is -2.18. The first kappa shape index (κ1) is 10.9. The Morgan fingerprint density at radius 1 is 1.41 bits per heavy atom. The van der Waals surface area contributed by atoms with Crippen molar-refractivity contribution in [2.24, 2.45) is 5.73 Å². The summed E-state index contributed by atoms with van der Waals surface area (Å²) in [4.78, 5) is 32.7. The number of hydrogen-bond donors (Lipinski definition) is 3. The summed E-state index contributed by atoms with van der Waals surface area (Å²) in [5, 5.41) is 4.86. The topological polar surface area (TPSA) is 111 Å². The molecule has 0 saturated carbocycles. The summed E-state index contributed by atoms with van der Waals surface area (Å²) >= 11 is 0. The van der Waals surface area contributed by atoms with E-state index in [0.29, 0.717) is 17.1 Å². The first-order valence-corrected chi connectivity index (χ1v) is 4.74. The average molecular weight is 235 g/mol. The van der Waals surface area contributed by atoms with Crippen LogP contribution in [0, 0.1) is 0 Å². The molecule has 1 heterocycles. The Morgan fingerprint density at radius 3 is 2.88 bits per heavy atom. The minimum absolute atomic E-state index is 0.0417. The Labute approximate surface area is 95.9 Å². The third-order valence-corrected chi connectivity index (χ3v) is 2.09. The molecule has 4 N–H and O–H groups in total. The van der Waals surface area contributed by atoms with Crippen LogP contribution in [0.15, 0.2) is 18.2 Å². The van der Waals surface area contributed by atoms with Crippen molar-refractivity contribution in [2.45, 2.75) is 0 Å². The number of hydrogen-bond acceptors (Lipinski definition) is 4. The quantitative estimate of drug-likeness (QED) is 0.566. The van der Waals surface area contributed by atoms with Crippen LogP contribution < -0.4 is 21.1 Å². The fourth-order valence-corrected chi connectivity index (χ4v) is 1.35. The van der Waals surface area contributed by atoms with Crippen LogP contribution in [0.5, 0.6) is 5.75 Å². The van der Waals surface area contributed by atoms with Crippen molar-refractivity contribution in [3.05, 3.63) is 18.2 Å². The monoisotopic (exact) mass is 235 g/mol. The van der Waals surface area contributed by atoms with E-state index >= 15 is 0 Å². The summed E-state index contributed by atoms with van der Waals surface area (Å²) in [5.41, 5.74) is 5.58. The SMILES string of the molecule is NC(=O)C(=O)Nc1ccc2c(c1)NC(=O)CO2. The van der Waals surface area contributed by atoms with Gasteiger partial charge < -0.3 is 21.1 Å². The van der Waals surface area contributed by atoms with Gasteiger partial charge in [-0.2, -0.15) is 0 Å². The highest BCUT2D eigenvalue weighted by Gasteiger charge is 2.17. The second-order valence-electron chi connectivity index (χ2n) is 3.37. The third kappa shape index (κ3) is 2.33. The zero-order valence-corrected chi connectivity index (χ0v) is 8.65. The van der Waals surface area contributed by atoms with Gasteiger partial charge in [0.1, 0.15) is 5.75 Å². The fraction of sp³-hybridized carbons (Fsp3) is 0.100. The molecule has 0 aliphatic carbocycles. The molecule has 7 heteroatoms. The molecule has 0 fully saturated rings. The van der Waals surface area contributed by atoms with Crippen LogP contribution in [-0.2, 0) is 14.4 Å². The van der Waals surface area contributed by atoms with E-state index in [0.717, 1.165) is 0 Å². The van der Waals surface area contributed by atoms with E-state index in [2.05, 4.69) is 10.6 Å². The first-order valence-electron chi connectivity index (χ1n) is 4.74. The molecule has 17 heavy (non-hydrogen) atoms. The van der Waals surface area contributed by atoms with Crippen molar-refractivity contribution in [1.82, 2.24) is 0 Å². The van der Waals surface area contributed by atoms with Crippen molar-refractivity contribution >= 4 is 29.1 Å². The normalized spacial score (nSPS) is 13.1.